The van der Waals surface area contributed by atoms with Crippen molar-refractivity contribution in [3.8, 4) is 6.07 Å². The Bertz CT molecular complexity index is 653. The van der Waals surface area contributed by atoms with E-state index in [9.17, 15) is 4.79 Å². The molecule has 1 aromatic carbocycles. The van der Waals surface area contributed by atoms with E-state index in [1.54, 1.807) is 29.9 Å². The maximum Gasteiger partial charge on any atom is 0.361 e. The molecular formula is C14H14N4O2. The van der Waals surface area contributed by atoms with Gasteiger partial charge in [-0.2, -0.15) is 10.4 Å². The minimum Gasteiger partial charge on any atom is -0.461 e. The highest BCUT2D eigenvalue weighted by Gasteiger charge is 2.15. The molecule has 0 saturated carbocycles. The van der Waals surface area contributed by atoms with Crippen molar-refractivity contribution in [2.75, 3.05) is 12.3 Å². The largest absolute Gasteiger partial charge is 0.461 e. The smallest absolute Gasteiger partial charge is 0.361 e. The summed E-state index contributed by atoms with van der Waals surface area (Å²) in [4.78, 5) is 11.6. The van der Waals surface area contributed by atoms with Gasteiger partial charge in [-0.1, -0.05) is 12.1 Å². The molecule has 6 nitrogen and oxygen atoms in total. The predicted octanol–water partition coefficient (Wildman–Crippen LogP) is 1.56. The van der Waals surface area contributed by atoms with Crippen molar-refractivity contribution in [1.29, 1.82) is 5.26 Å². The van der Waals surface area contributed by atoms with Crippen LogP contribution in [0.3, 0.4) is 0 Å². The zero-order valence-electron chi connectivity index (χ0n) is 11.0. The van der Waals surface area contributed by atoms with Crippen molar-refractivity contribution in [3.63, 3.8) is 0 Å². The van der Waals surface area contributed by atoms with Gasteiger partial charge in [0.25, 0.3) is 0 Å². The van der Waals surface area contributed by atoms with Crippen molar-refractivity contribution >= 4 is 11.7 Å². The third kappa shape index (κ3) is 2.95. The second kappa shape index (κ2) is 5.89. The number of nitrogens with two attached hydrogens (primary N) is 1. The third-order valence-corrected chi connectivity index (χ3v) is 2.69. The average molecular weight is 270 g/mol. The second-order valence-corrected chi connectivity index (χ2v) is 4.16. The van der Waals surface area contributed by atoms with Crippen LogP contribution in [0.1, 0.15) is 28.5 Å². The minimum atomic E-state index is -0.524. The highest BCUT2D eigenvalue weighted by Crippen LogP contribution is 2.12. The topological polar surface area (TPSA) is 93.9 Å². The number of ether oxygens (including phenoxy) is 1. The van der Waals surface area contributed by atoms with E-state index in [0.29, 0.717) is 12.1 Å². The van der Waals surface area contributed by atoms with Gasteiger partial charge in [-0.3, -0.25) is 4.68 Å². The summed E-state index contributed by atoms with van der Waals surface area (Å²) in [5.41, 5.74) is 7.72. The van der Waals surface area contributed by atoms with Crippen molar-refractivity contribution in [2.45, 2.75) is 13.5 Å². The number of hydrogen-bond donors (Lipinski definition) is 1. The molecule has 0 radical (unpaired) electrons. The average Bonchev–Trinajstić information content (AvgIpc) is 2.81. The molecule has 0 fully saturated rings. The van der Waals surface area contributed by atoms with Crippen molar-refractivity contribution in [1.82, 2.24) is 9.78 Å². The first-order valence-corrected chi connectivity index (χ1v) is 6.13. The molecule has 0 aliphatic carbocycles. The van der Waals surface area contributed by atoms with Crippen LogP contribution in [0.5, 0.6) is 0 Å². The van der Waals surface area contributed by atoms with Crippen molar-refractivity contribution < 1.29 is 9.53 Å². The molecule has 0 amide bonds. The van der Waals surface area contributed by atoms with Gasteiger partial charge in [0.15, 0.2) is 5.69 Å². The Labute approximate surface area is 116 Å². The first kappa shape index (κ1) is 13.6. The fraction of sp³-hybridized carbons (Fsp3) is 0.214. The first-order valence-electron chi connectivity index (χ1n) is 6.13. The number of nitrogens with zero attached hydrogens (tertiary/aromatic N) is 3. The lowest BCUT2D eigenvalue weighted by Gasteiger charge is -2.01. The van der Waals surface area contributed by atoms with E-state index in [1.165, 1.54) is 0 Å². The van der Waals surface area contributed by atoms with Gasteiger partial charge >= 0.3 is 5.97 Å². The predicted molar refractivity (Wildman–Crippen MR) is 72.9 cm³/mol. The summed E-state index contributed by atoms with van der Waals surface area (Å²) in [5.74, 6) is -0.524. The number of nitrogen functional groups attached to an aromatic ring is 1. The molecule has 20 heavy (non-hydrogen) atoms. The zero-order chi connectivity index (χ0) is 14.5. The standard InChI is InChI=1S/C14H14N4O2/c1-2-20-14(19)13-12(16)9-18(17-13)8-11-5-3-10(7-15)4-6-11/h3-6,9H,2,8,16H2,1H3. The van der Waals surface area contributed by atoms with Gasteiger partial charge in [0.05, 0.1) is 30.5 Å². The molecule has 0 bridgehead atoms. The fourth-order valence-corrected chi connectivity index (χ4v) is 1.75. The second-order valence-electron chi connectivity index (χ2n) is 4.16. The van der Waals surface area contributed by atoms with Crippen molar-refractivity contribution in [3.05, 3.63) is 47.3 Å². The minimum absolute atomic E-state index is 0.125. The molecule has 2 rings (SSSR count). The van der Waals surface area contributed by atoms with E-state index < -0.39 is 5.97 Å². The number of aromatic nitrogens is 2. The quantitative estimate of drug-likeness (QED) is 0.851. The summed E-state index contributed by atoms with van der Waals surface area (Å²) in [6.45, 7) is 2.47. The third-order valence-electron chi connectivity index (χ3n) is 2.69. The number of carbonyl (C=O) groups is 1. The Morgan fingerprint density at radius 2 is 2.15 bits per heavy atom. The summed E-state index contributed by atoms with van der Waals surface area (Å²) in [5, 5.41) is 12.9. The molecule has 102 valence electrons. The molecule has 0 aliphatic rings. The molecule has 2 aromatic rings. The highest BCUT2D eigenvalue weighted by molar-refractivity contribution is 5.92. The summed E-state index contributed by atoms with van der Waals surface area (Å²) >= 11 is 0. The molecule has 0 spiro atoms. The van der Waals surface area contributed by atoms with Gasteiger partial charge in [0, 0.05) is 6.20 Å². The number of benzene rings is 1. The Morgan fingerprint density at radius 3 is 2.75 bits per heavy atom. The van der Waals surface area contributed by atoms with Gasteiger partial charge in [-0.15, -0.1) is 0 Å². The fourth-order valence-electron chi connectivity index (χ4n) is 1.75. The maximum atomic E-state index is 11.6. The molecule has 6 heteroatoms. The highest BCUT2D eigenvalue weighted by atomic mass is 16.5. The van der Waals surface area contributed by atoms with Crippen LogP contribution in [-0.4, -0.2) is 22.4 Å². The normalized spacial score (nSPS) is 10.0. The Morgan fingerprint density at radius 1 is 1.45 bits per heavy atom. The molecule has 1 heterocycles. The van der Waals surface area contributed by atoms with Gasteiger partial charge in [0.1, 0.15) is 0 Å². The number of nitriles is 1. The SMILES string of the molecule is CCOC(=O)c1nn(Cc2ccc(C#N)cc2)cc1N. The molecule has 1 aromatic heterocycles. The van der Waals surface area contributed by atoms with E-state index in [-0.39, 0.29) is 18.0 Å². The van der Waals surface area contributed by atoms with Crippen LogP contribution in [0.4, 0.5) is 5.69 Å². The first-order chi connectivity index (χ1) is 9.63. The van der Waals surface area contributed by atoms with E-state index in [4.69, 9.17) is 15.7 Å². The lowest BCUT2D eigenvalue weighted by molar-refractivity contribution is 0.0519. The lowest BCUT2D eigenvalue weighted by Crippen LogP contribution is -2.09. The van der Waals surface area contributed by atoms with Crippen LogP contribution in [0.25, 0.3) is 0 Å². The number of hydrogen-bond acceptors (Lipinski definition) is 5. The number of esters is 1. The van der Waals surface area contributed by atoms with Crippen LogP contribution in [0, 0.1) is 11.3 Å². The van der Waals surface area contributed by atoms with Gasteiger partial charge in [-0.05, 0) is 24.6 Å². The van der Waals surface area contributed by atoms with Crippen LogP contribution in [0.15, 0.2) is 30.5 Å². The van der Waals surface area contributed by atoms with Gasteiger partial charge < -0.3 is 10.5 Å². The monoisotopic (exact) mass is 270 g/mol. The molecule has 0 atom stereocenters. The maximum absolute atomic E-state index is 11.6. The van der Waals surface area contributed by atoms with E-state index in [2.05, 4.69) is 11.2 Å². The lowest BCUT2D eigenvalue weighted by atomic mass is 10.1. The summed E-state index contributed by atoms with van der Waals surface area (Å²) in [6, 6.07) is 9.19. The van der Waals surface area contributed by atoms with Crippen LogP contribution in [0.2, 0.25) is 0 Å². The van der Waals surface area contributed by atoms with Crippen LogP contribution >= 0.6 is 0 Å². The van der Waals surface area contributed by atoms with E-state index >= 15 is 0 Å². The summed E-state index contributed by atoms with van der Waals surface area (Å²) in [6.07, 6.45) is 1.59. The van der Waals surface area contributed by atoms with Gasteiger partial charge in [-0.25, -0.2) is 4.79 Å². The number of carbonyl (C=O) groups excluding carboxylic acids is 1. The molecule has 2 N–H and O–H groups in total. The van der Waals surface area contributed by atoms with Gasteiger partial charge in [0.2, 0.25) is 0 Å². The number of anilines is 1. The summed E-state index contributed by atoms with van der Waals surface area (Å²) < 4.78 is 6.44. The molecule has 0 aliphatic heterocycles. The molecule has 0 saturated heterocycles. The Kier molecular flexibility index (Phi) is 4.01. The summed E-state index contributed by atoms with van der Waals surface area (Å²) in [7, 11) is 0. The Balaban J connectivity index is 2.15. The van der Waals surface area contributed by atoms with Crippen LogP contribution in [-0.2, 0) is 11.3 Å². The van der Waals surface area contributed by atoms with E-state index in [0.717, 1.165) is 5.56 Å². The Hall–Kier alpha value is -2.81. The number of rotatable bonds is 4. The van der Waals surface area contributed by atoms with Crippen LogP contribution < -0.4 is 5.73 Å². The van der Waals surface area contributed by atoms with Crippen molar-refractivity contribution in [2.24, 2.45) is 0 Å². The zero-order valence-corrected chi connectivity index (χ0v) is 11.0. The van der Waals surface area contributed by atoms with E-state index in [1.807, 2.05) is 12.1 Å². The molecular weight excluding hydrogens is 256 g/mol. The molecule has 0 unspecified atom stereocenters.